The van der Waals surface area contributed by atoms with Gasteiger partial charge in [-0.05, 0) is 49.2 Å². The fraction of sp³-hybridized carbons (Fsp3) is 0.208. The van der Waals surface area contributed by atoms with Crippen LogP contribution in [0.3, 0.4) is 0 Å². The van der Waals surface area contributed by atoms with Crippen molar-refractivity contribution < 1.29 is 22.7 Å². The van der Waals surface area contributed by atoms with Crippen molar-refractivity contribution >= 4 is 23.4 Å². The van der Waals surface area contributed by atoms with Crippen LogP contribution in [0.25, 0.3) is 5.57 Å². The molecule has 8 heteroatoms. The van der Waals surface area contributed by atoms with Gasteiger partial charge in [0.2, 0.25) is 0 Å². The first-order valence-corrected chi connectivity index (χ1v) is 9.93. The highest BCUT2D eigenvalue weighted by atomic mass is 35.5. The zero-order chi connectivity index (χ0) is 23.9. The van der Waals surface area contributed by atoms with E-state index >= 15 is 0 Å². The van der Waals surface area contributed by atoms with E-state index in [1.807, 2.05) is 62.4 Å². The standard InChI is InChI=1S/C22H21ClN2O2.C2H3F3/c1-14-5-9-18(10-6-14)27-19-11-7-17(8-12-19)21-15(2)22(23)16(3)25-20(21)13-24-26-4;1-2(3,4)5/h5-13,25H,2H2,1,3-4H3;1H3/b24-13+;. The molecule has 4 nitrogen and oxygen atoms in total. The minimum atomic E-state index is -4.00. The molecule has 0 amide bonds. The first kappa shape index (κ1) is 25.1. The van der Waals surface area contributed by atoms with E-state index < -0.39 is 6.18 Å². The summed E-state index contributed by atoms with van der Waals surface area (Å²) in [7, 11) is 1.50. The molecule has 1 heterocycles. The number of rotatable bonds is 5. The van der Waals surface area contributed by atoms with Crippen molar-refractivity contribution in [2.75, 3.05) is 7.11 Å². The van der Waals surface area contributed by atoms with E-state index in [1.165, 1.54) is 12.7 Å². The summed E-state index contributed by atoms with van der Waals surface area (Å²) in [6.07, 6.45) is -2.38. The number of alkyl halides is 3. The summed E-state index contributed by atoms with van der Waals surface area (Å²) in [4.78, 5) is 4.82. The number of nitrogens with one attached hydrogen (secondary N) is 1. The lowest BCUT2D eigenvalue weighted by Crippen LogP contribution is -2.20. The van der Waals surface area contributed by atoms with E-state index in [4.69, 9.17) is 21.2 Å². The highest BCUT2D eigenvalue weighted by Crippen LogP contribution is 2.36. The molecule has 170 valence electrons. The second-order valence-electron chi connectivity index (χ2n) is 6.97. The maximum absolute atomic E-state index is 10.4. The highest BCUT2D eigenvalue weighted by molar-refractivity contribution is 6.34. The van der Waals surface area contributed by atoms with Gasteiger partial charge < -0.3 is 14.9 Å². The molecule has 0 radical (unpaired) electrons. The number of benzene rings is 2. The average molecular weight is 465 g/mol. The van der Waals surface area contributed by atoms with Crippen molar-refractivity contribution in [1.29, 1.82) is 0 Å². The maximum atomic E-state index is 10.4. The molecule has 2 aromatic carbocycles. The average Bonchev–Trinajstić information content (AvgIpc) is 2.72. The summed E-state index contributed by atoms with van der Waals surface area (Å²) in [6.45, 7) is 8.26. The third-order valence-corrected chi connectivity index (χ3v) is 4.69. The van der Waals surface area contributed by atoms with Crippen LogP contribution in [0.15, 0.2) is 82.3 Å². The van der Waals surface area contributed by atoms with Gasteiger partial charge in [0, 0.05) is 18.2 Å². The van der Waals surface area contributed by atoms with Crippen LogP contribution < -0.4 is 10.1 Å². The third kappa shape index (κ3) is 7.50. The van der Waals surface area contributed by atoms with Gasteiger partial charge in [0.05, 0.1) is 16.9 Å². The van der Waals surface area contributed by atoms with E-state index in [0.717, 1.165) is 39.6 Å². The topological polar surface area (TPSA) is 42.9 Å². The van der Waals surface area contributed by atoms with Crippen LogP contribution in [-0.4, -0.2) is 19.5 Å². The van der Waals surface area contributed by atoms with Crippen LogP contribution in [-0.2, 0) is 4.84 Å². The first-order valence-electron chi connectivity index (χ1n) is 9.55. The second-order valence-corrected chi connectivity index (χ2v) is 7.35. The van der Waals surface area contributed by atoms with Crippen LogP contribution in [0.2, 0.25) is 0 Å². The molecule has 0 fully saturated rings. The predicted molar refractivity (Wildman–Crippen MR) is 123 cm³/mol. The molecule has 32 heavy (non-hydrogen) atoms. The van der Waals surface area contributed by atoms with E-state index in [2.05, 4.69) is 17.1 Å². The Balaban J connectivity index is 0.000000654. The number of ether oxygens (including phenoxy) is 1. The highest BCUT2D eigenvalue weighted by Gasteiger charge is 2.21. The summed E-state index contributed by atoms with van der Waals surface area (Å²) in [5, 5.41) is 7.71. The lowest BCUT2D eigenvalue weighted by Gasteiger charge is -2.23. The molecule has 2 aromatic rings. The monoisotopic (exact) mass is 464 g/mol. The van der Waals surface area contributed by atoms with E-state index in [9.17, 15) is 13.2 Å². The summed E-state index contributed by atoms with van der Waals surface area (Å²) in [5.41, 5.74) is 5.34. The first-order chi connectivity index (χ1) is 15.0. The Bertz CT molecular complexity index is 1030. The molecule has 0 atom stereocenters. The molecular formula is C24H24ClF3N2O2. The molecule has 0 aliphatic carbocycles. The number of dihydropyridines is 1. The number of allylic oxidation sites excluding steroid dienone is 5. The molecule has 0 aromatic heterocycles. The lowest BCUT2D eigenvalue weighted by molar-refractivity contribution is -0.110. The van der Waals surface area contributed by atoms with Crippen LogP contribution in [0.5, 0.6) is 11.5 Å². The van der Waals surface area contributed by atoms with E-state index in [1.54, 1.807) is 6.21 Å². The van der Waals surface area contributed by atoms with Crippen molar-refractivity contribution in [1.82, 2.24) is 5.32 Å². The molecule has 0 saturated heterocycles. The van der Waals surface area contributed by atoms with Crippen LogP contribution in [0, 0.1) is 6.92 Å². The SMILES string of the molecule is C=C1C(Cl)=C(C)NC(/C=N/OC)=C1c1ccc(Oc2ccc(C)cc2)cc1.CC(F)(F)F. The number of halogens is 4. The lowest BCUT2D eigenvalue weighted by atomic mass is 9.93. The van der Waals surface area contributed by atoms with Gasteiger partial charge in [-0.1, -0.05) is 53.2 Å². The Labute approximate surface area is 190 Å². The van der Waals surface area contributed by atoms with Gasteiger partial charge in [-0.2, -0.15) is 13.2 Å². The number of oxime groups is 1. The number of hydrogen-bond donors (Lipinski definition) is 1. The molecule has 1 aliphatic rings. The Hall–Kier alpha value is -3.19. The normalized spacial score (nSPS) is 14.2. The van der Waals surface area contributed by atoms with Gasteiger partial charge in [-0.15, -0.1) is 0 Å². The number of aryl methyl sites for hydroxylation is 1. The molecule has 1 N–H and O–H groups in total. The second kappa shape index (κ2) is 10.9. The predicted octanol–water partition coefficient (Wildman–Crippen LogP) is 7.33. The van der Waals surface area contributed by atoms with Gasteiger partial charge in [-0.3, -0.25) is 0 Å². The van der Waals surface area contributed by atoms with Gasteiger partial charge in [0.1, 0.15) is 18.6 Å². The van der Waals surface area contributed by atoms with Crippen molar-refractivity contribution in [2.24, 2.45) is 5.16 Å². The zero-order valence-electron chi connectivity index (χ0n) is 18.2. The molecule has 3 rings (SSSR count). The summed E-state index contributed by atoms with van der Waals surface area (Å²) in [5.74, 6) is 1.55. The minimum absolute atomic E-state index is 0.188. The van der Waals surface area contributed by atoms with Crippen molar-refractivity contribution in [3.8, 4) is 11.5 Å². The molecule has 0 unspecified atom stereocenters. The Morgan fingerprint density at radius 3 is 2.00 bits per heavy atom. The zero-order valence-corrected chi connectivity index (χ0v) is 18.9. The fourth-order valence-corrected chi connectivity index (χ4v) is 2.92. The Morgan fingerprint density at radius 1 is 1.00 bits per heavy atom. The summed E-state index contributed by atoms with van der Waals surface area (Å²) in [6, 6.07) is 15.7. The maximum Gasteiger partial charge on any atom is 0.386 e. The van der Waals surface area contributed by atoms with Crippen LogP contribution in [0.4, 0.5) is 13.2 Å². The smallest absolute Gasteiger partial charge is 0.386 e. The Kier molecular flexibility index (Phi) is 8.55. The van der Waals surface area contributed by atoms with Crippen LogP contribution in [0.1, 0.15) is 25.0 Å². The molecular weight excluding hydrogens is 441 g/mol. The van der Waals surface area contributed by atoms with Gasteiger partial charge in [0.25, 0.3) is 0 Å². The molecule has 0 spiro atoms. The third-order valence-electron chi connectivity index (χ3n) is 4.17. The molecule has 0 saturated carbocycles. The fourth-order valence-electron chi connectivity index (χ4n) is 2.78. The van der Waals surface area contributed by atoms with Crippen molar-refractivity contribution in [3.63, 3.8) is 0 Å². The van der Waals surface area contributed by atoms with E-state index in [0.29, 0.717) is 5.03 Å². The van der Waals surface area contributed by atoms with Gasteiger partial charge in [-0.25, -0.2) is 0 Å². The number of hydrogen-bond acceptors (Lipinski definition) is 4. The number of nitrogens with zero attached hydrogens (tertiary/aromatic N) is 1. The molecule has 0 bridgehead atoms. The Morgan fingerprint density at radius 2 is 1.50 bits per heavy atom. The quantitative estimate of drug-likeness (QED) is 0.372. The van der Waals surface area contributed by atoms with E-state index in [-0.39, 0.29) is 6.92 Å². The largest absolute Gasteiger partial charge is 0.457 e. The van der Waals surface area contributed by atoms with Crippen molar-refractivity contribution in [2.45, 2.75) is 26.9 Å². The van der Waals surface area contributed by atoms with Crippen molar-refractivity contribution in [3.05, 3.63) is 88.2 Å². The van der Waals surface area contributed by atoms with Gasteiger partial charge in [0.15, 0.2) is 0 Å². The van der Waals surface area contributed by atoms with Gasteiger partial charge >= 0.3 is 6.18 Å². The molecule has 1 aliphatic heterocycles. The minimum Gasteiger partial charge on any atom is -0.457 e. The summed E-state index contributed by atoms with van der Waals surface area (Å²) < 4.78 is 37.0. The summed E-state index contributed by atoms with van der Waals surface area (Å²) >= 11 is 6.40. The van der Waals surface area contributed by atoms with Crippen LogP contribution >= 0.6 is 11.6 Å².